The number of hydrogen-bond acceptors (Lipinski definition) is 2. The fraction of sp³-hybridized carbons (Fsp3) is 0.263. The third-order valence-electron chi connectivity index (χ3n) is 3.79. The van der Waals surface area contributed by atoms with Crippen LogP contribution in [0.1, 0.15) is 23.1 Å². The van der Waals surface area contributed by atoms with Crippen LogP contribution in [0.25, 0.3) is 5.57 Å². The van der Waals surface area contributed by atoms with Crippen LogP contribution in [0, 0.1) is 0 Å². The molecule has 0 saturated carbocycles. The molecule has 1 heterocycles. The van der Waals surface area contributed by atoms with Gasteiger partial charge in [0, 0.05) is 12.1 Å². The van der Waals surface area contributed by atoms with Gasteiger partial charge in [-0.05, 0) is 43.3 Å². The summed E-state index contributed by atoms with van der Waals surface area (Å²) in [5.74, 6) is 0.977. The Kier molecular flexibility index (Phi) is 4.07. The predicted octanol–water partition coefficient (Wildman–Crippen LogP) is 3.96. The van der Waals surface area contributed by atoms with Gasteiger partial charge in [0.1, 0.15) is 12.4 Å². The molecule has 0 atom stereocenters. The second-order valence-electron chi connectivity index (χ2n) is 5.65. The lowest BCUT2D eigenvalue weighted by atomic mass is 9.93. The molecule has 0 unspecified atom stereocenters. The molecule has 3 rings (SSSR count). The first-order valence-electron chi connectivity index (χ1n) is 7.41. The molecule has 0 amide bonds. The summed E-state index contributed by atoms with van der Waals surface area (Å²) in [7, 11) is 4.22. The molecule has 0 N–H and O–H groups in total. The van der Waals surface area contributed by atoms with Crippen LogP contribution in [-0.4, -0.2) is 25.5 Å². The Hall–Kier alpha value is -2.06. The molecule has 108 valence electrons. The zero-order chi connectivity index (χ0) is 14.7. The van der Waals surface area contributed by atoms with Gasteiger partial charge in [-0.3, -0.25) is 0 Å². The van der Waals surface area contributed by atoms with Gasteiger partial charge in [-0.2, -0.15) is 0 Å². The van der Waals surface area contributed by atoms with Crippen LogP contribution in [0.2, 0.25) is 0 Å². The lowest BCUT2D eigenvalue weighted by molar-refractivity contribution is 0.307. The molecule has 0 aromatic heterocycles. The van der Waals surface area contributed by atoms with Crippen molar-refractivity contribution in [3.05, 3.63) is 71.3 Å². The smallest absolute Gasteiger partial charge is 0.127 e. The van der Waals surface area contributed by atoms with E-state index >= 15 is 0 Å². The van der Waals surface area contributed by atoms with Crippen LogP contribution in [0.5, 0.6) is 5.75 Å². The molecule has 2 nitrogen and oxygen atoms in total. The number of ether oxygens (including phenoxy) is 1. The van der Waals surface area contributed by atoms with Gasteiger partial charge in [-0.15, -0.1) is 0 Å². The average Bonchev–Trinajstić information content (AvgIpc) is 2.65. The molecule has 1 aliphatic heterocycles. The van der Waals surface area contributed by atoms with Crippen molar-refractivity contribution in [2.75, 3.05) is 20.6 Å². The minimum absolute atomic E-state index is 0.637. The molecular formula is C19H21NO. The van der Waals surface area contributed by atoms with Gasteiger partial charge in [0.15, 0.2) is 0 Å². The highest BCUT2D eigenvalue weighted by Gasteiger charge is 2.17. The second-order valence-corrected chi connectivity index (χ2v) is 5.65. The SMILES string of the molecule is CN([11CH3])CC/C=C1\c2ccccc2COc2ccccc21. The molecule has 0 saturated heterocycles. The maximum Gasteiger partial charge on any atom is 0.127 e. The van der Waals surface area contributed by atoms with Gasteiger partial charge in [0.25, 0.3) is 0 Å². The number of benzene rings is 2. The third-order valence-corrected chi connectivity index (χ3v) is 3.79. The molecular weight excluding hydrogens is 257 g/mol. The normalized spacial score (nSPS) is 15.3. The summed E-state index contributed by atoms with van der Waals surface area (Å²) in [4.78, 5) is 2.21. The first kappa shape index (κ1) is 13.9. The zero-order valence-corrected chi connectivity index (χ0v) is 12.7. The lowest BCUT2D eigenvalue weighted by Crippen LogP contribution is -2.12. The van der Waals surface area contributed by atoms with Crippen molar-refractivity contribution in [1.29, 1.82) is 0 Å². The number of hydrogen-bond donors (Lipinski definition) is 0. The number of nitrogens with zero attached hydrogens (tertiary/aromatic N) is 1. The van der Waals surface area contributed by atoms with E-state index in [0.717, 1.165) is 18.7 Å². The molecule has 0 fully saturated rings. The van der Waals surface area contributed by atoms with E-state index in [9.17, 15) is 0 Å². The maximum absolute atomic E-state index is 5.98. The van der Waals surface area contributed by atoms with Gasteiger partial charge in [-0.1, -0.05) is 48.5 Å². The molecule has 0 bridgehead atoms. The Balaban J connectivity index is 2.07. The lowest BCUT2D eigenvalue weighted by Gasteiger charge is -2.12. The molecule has 2 aromatic carbocycles. The van der Waals surface area contributed by atoms with Crippen molar-refractivity contribution in [3.8, 4) is 5.75 Å². The molecule has 0 aliphatic carbocycles. The van der Waals surface area contributed by atoms with Gasteiger partial charge in [0.05, 0.1) is 0 Å². The molecule has 0 spiro atoms. The monoisotopic (exact) mass is 278 g/mol. The van der Waals surface area contributed by atoms with Crippen molar-refractivity contribution in [1.82, 2.24) is 4.90 Å². The summed E-state index contributed by atoms with van der Waals surface area (Å²) in [6, 6.07) is 16.9. The average molecular weight is 278 g/mol. The summed E-state index contributed by atoms with van der Waals surface area (Å²) < 4.78 is 5.98. The Morgan fingerprint density at radius 3 is 2.52 bits per heavy atom. The van der Waals surface area contributed by atoms with E-state index in [0.29, 0.717) is 6.61 Å². The molecule has 2 heteroatoms. The highest BCUT2D eigenvalue weighted by Crippen LogP contribution is 2.36. The molecule has 1 aliphatic rings. The van der Waals surface area contributed by atoms with Gasteiger partial charge >= 0.3 is 0 Å². The Morgan fingerprint density at radius 1 is 1.00 bits per heavy atom. The third kappa shape index (κ3) is 3.01. The van der Waals surface area contributed by atoms with Crippen molar-refractivity contribution < 1.29 is 4.74 Å². The number of fused-ring (bicyclic) bond motifs is 2. The van der Waals surface area contributed by atoms with E-state index < -0.39 is 0 Å². The summed E-state index contributed by atoms with van der Waals surface area (Å²) in [5, 5.41) is 0. The molecule has 0 radical (unpaired) electrons. The summed E-state index contributed by atoms with van der Waals surface area (Å²) >= 11 is 0. The maximum atomic E-state index is 5.98. The zero-order valence-electron chi connectivity index (χ0n) is 12.7. The molecule has 2 aromatic rings. The highest BCUT2D eigenvalue weighted by atomic mass is 16.5. The van der Waals surface area contributed by atoms with Crippen molar-refractivity contribution in [2.45, 2.75) is 13.0 Å². The highest BCUT2D eigenvalue weighted by molar-refractivity contribution is 5.84. The Morgan fingerprint density at radius 2 is 1.71 bits per heavy atom. The van der Waals surface area contributed by atoms with Crippen LogP contribution in [0.4, 0.5) is 0 Å². The first-order valence-corrected chi connectivity index (χ1v) is 7.41. The summed E-state index contributed by atoms with van der Waals surface area (Å²) in [5.41, 5.74) is 5.03. The van der Waals surface area contributed by atoms with Crippen LogP contribution in [-0.2, 0) is 6.61 Å². The van der Waals surface area contributed by atoms with Crippen LogP contribution in [0.15, 0.2) is 54.6 Å². The summed E-state index contributed by atoms with van der Waals surface area (Å²) in [6.45, 7) is 1.69. The van der Waals surface area contributed by atoms with E-state index in [-0.39, 0.29) is 0 Å². The molecule has 21 heavy (non-hydrogen) atoms. The minimum atomic E-state index is 0.637. The fourth-order valence-electron chi connectivity index (χ4n) is 2.71. The Bertz CT molecular complexity index is 609. The van der Waals surface area contributed by atoms with E-state index in [1.54, 1.807) is 0 Å². The van der Waals surface area contributed by atoms with Gasteiger partial charge in [0.2, 0.25) is 0 Å². The number of para-hydroxylation sites is 1. The largest absolute Gasteiger partial charge is 0.488 e. The number of rotatable bonds is 3. The fourth-order valence-corrected chi connectivity index (χ4v) is 2.71. The van der Waals surface area contributed by atoms with E-state index in [1.165, 1.54) is 22.3 Å². The topological polar surface area (TPSA) is 12.5 Å². The van der Waals surface area contributed by atoms with Crippen LogP contribution >= 0.6 is 0 Å². The van der Waals surface area contributed by atoms with Crippen LogP contribution in [0.3, 0.4) is 0 Å². The Labute approximate surface area is 126 Å². The standard InChI is InChI=1S/C19H21NO/c1-20(2)13-7-11-17-16-9-4-3-8-15(16)14-21-19-12-6-5-10-18(17)19/h3-6,8-12H,7,13-14H2,1-2H3/b17-11+/i1-1. The van der Waals surface area contributed by atoms with Gasteiger partial charge in [-0.25, -0.2) is 0 Å². The van der Waals surface area contributed by atoms with Crippen molar-refractivity contribution in [2.24, 2.45) is 0 Å². The van der Waals surface area contributed by atoms with E-state index in [4.69, 9.17) is 4.74 Å². The van der Waals surface area contributed by atoms with Crippen LogP contribution < -0.4 is 4.74 Å². The predicted molar refractivity (Wildman–Crippen MR) is 87.5 cm³/mol. The van der Waals surface area contributed by atoms with E-state index in [2.05, 4.69) is 67.5 Å². The minimum Gasteiger partial charge on any atom is -0.488 e. The second kappa shape index (κ2) is 6.15. The first-order chi connectivity index (χ1) is 10.3. The van der Waals surface area contributed by atoms with Crippen molar-refractivity contribution in [3.63, 3.8) is 0 Å². The quantitative estimate of drug-likeness (QED) is 0.842. The van der Waals surface area contributed by atoms with Gasteiger partial charge < -0.3 is 9.64 Å². The van der Waals surface area contributed by atoms with E-state index in [1.807, 2.05) is 6.07 Å². The summed E-state index contributed by atoms with van der Waals surface area (Å²) in [6.07, 6.45) is 3.37. The van der Waals surface area contributed by atoms with Crippen molar-refractivity contribution >= 4 is 5.57 Å².